The molecule has 0 N–H and O–H groups in total. The molecule has 1 heteroatoms. The Kier molecular flexibility index (Phi) is 2.76. The first-order chi connectivity index (χ1) is 8.36. The van der Waals surface area contributed by atoms with Gasteiger partial charge in [-0.25, -0.2) is 0 Å². The average Bonchev–Trinajstić information content (AvgIpc) is 2.39. The normalized spacial score (nSPS) is 23.8. The summed E-state index contributed by atoms with van der Waals surface area (Å²) in [6.45, 7) is 3.42. The molecule has 1 aromatic rings. The fourth-order valence-electron chi connectivity index (χ4n) is 3.11. The van der Waals surface area contributed by atoms with Gasteiger partial charge in [-0.2, -0.15) is 0 Å². The second kappa shape index (κ2) is 4.40. The van der Waals surface area contributed by atoms with Crippen LogP contribution in [0.15, 0.2) is 53.8 Å². The zero-order valence-corrected chi connectivity index (χ0v) is 10.4. The lowest BCUT2D eigenvalue weighted by atomic mass is 9.85. The SMILES string of the molecule is CC1=C2C(CC=C1)CCCN2c1ccccc1. The zero-order valence-electron chi connectivity index (χ0n) is 10.4. The largest absolute Gasteiger partial charge is 0.345 e. The summed E-state index contributed by atoms with van der Waals surface area (Å²) in [5.74, 6) is 0.744. The van der Waals surface area contributed by atoms with E-state index in [9.17, 15) is 0 Å². The molecule has 1 aliphatic heterocycles. The highest BCUT2D eigenvalue weighted by atomic mass is 15.2. The van der Waals surface area contributed by atoms with E-state index in [0.29, 0.717) is 0 Å². The highest BCUT2D eigenvalue weighted by Gasteiger charge is 2.27. The number of hydrogen-bond donors (Lipinski definition) is 0. The van der Waals surface area contributed by atoms with Crippen molar-refractivity contribution in [1.29, 1.82) is 0 Å². The summed E-state index contributed by atoms with van der Waals surface area (Å²) in [4.78, 5) is 2.52. The molecule has 0 aromatic heterocycles. The quantitative estimate of drug-likeness (QED) is 0.694. The molecule has 1 nitrogen and oxygen atoms in total. The molecule has 1 aromatic carbocycles. The van der Waals surface area contributed by atoms with Crippen LogP contribution in [0, 0.1) is 5.92 Å². The summed E-state index contributed by atoms with van der Waals surface area (Å²) < 4.78 is 0. The van der Waals surface area contributed by atoms with Crippen LogP contribution < -0.4 is 4.90 Å². The van der Waals surface area contributed by atoms with E-state index in [1.54, 1.807) is 5.70 Å². The number of nitrogens with zero attached hydrogens (tertiary/aromatic N) is 1. The molecule has 1 aliphatic carbocycles. The number of rotatable bonds is 1. The van der Waals surface area contributed by atoms with Gasteiger partial charge in [-0.3, -0.25) is 0 Å². The third-order valence-corrected chi connectivity index (χ3v) is 3.87. The van der Waals surface area contributed by atoms with E-state index in [1.807, 2.05) is 0 Å². The first-order valence-electron chi connectivity index (χ1n) is 6.56. The summed E-state index contributed by atoms with van der Waals surface area (Å²) in [5.41, 5.74) is 4.36. The molecule has 0 amide bonds. The van der Waals surface area contributed by atoms with Crippen LogP contribution in [0.4, 0.5) is 5.69 Å². The number of piperidine rings is 1. The van der Waals surface area contributed by atoms with E-state index < -0.39 is 0 Å². The van der Waals surface area contributed by atoms with Crippen molar-refractivity contribution in [2.24, 2.45) is 5.92 Å². The average molecular weight is 225 g/mol. The van der Waals surface area contributed by atoms with Crippen molar-refractivity contribution in [3.05, 3.63) is 53.8 Å². The topological polar surface area (TPSA) is 3.24 Å². The minimum absolute atomic E-state index is 0.744. The molecule has 1 unspecified atom stereocenters. The van der Waals surface area contributed by atoms with Crippen LogP contribution in [0.1, 0.15) is 26.2 Å². The van der Waals surface area contributed by atoms with Gasteiger partial charge < -0.3 is 4.90 Å². The molecule has 1 saturated heterocycles. The fourth-order valence-corrected chi connectivity index (χ4v) is 3.11. The van der Waals surface area contributed by atoms with E-state index in [0.717, 1.165) is 5.92 Å². The number of para-hydroxylation sites is 1. The lowest BCUT2D eigenvalue weighted by Crippen LogP contribution is -2.34. The second-order valence-electron chi connectivity index (χ2n) is 5.03. The Labute approximate surface area is 103 Å². The summed E-state index contributed by atoms with van der Waals surface area (Å²) in [5, 5.41) is 0. The van der Waals surface area contributed by atoms with Crippen LogP contribution in [0.2, 0.25) is 0 Å². The van der Waals surface area contributed by atoms with Crippen LogP contribution in [0.25, 0.3) is 0 Å². The molecule has 17 heavy (non-hydrogen) atoms. The predicted octanol–water partition coefficient (Wildman–Crippen LogP) is 4.14. The molecule has 0 bridgehead atoms. The van der Waals surface area contributed by atoms with Crippen molar-refractivity contribution in [3.63, 3.8) is 0 Å². The first-order valence-corrected chi connectivity index (χ1v) is 6.56. The van der Waals surface area contributed by atoms with Gasteiger partial charge in [-0.1, -0.05) is 30.4 Å². The summed E-state index contributed by atoms with van der Waals surface area (Å²) >= 11 is 0. The molecule has 1 heterocycles. The van der Waals surface area contributed by atoms with Crippen molar-refractivity contribution >= 4 is 5.69 Å². The highest BCUT2D eigenvalue weighted by Crippen LogP contribution is 2.37. The van der Waals surface area contributed by atoms with Crippen molar-refractivity contribution in [3.8, 4) is 0 Å². The van der Waals surface area contributed by atoms with Gasteiger partial charge in [0, 0.05) is 23.8 Å². The molecule has 0 spiro atoms. The van der Waals surface area contributed by atoms with Crippen molar-refractivity contribution in [1.82, 2.24) is 0 Å². The van der Waals surface area contributed by atoms with Gasteiger partial charge in [0.2, 0.25) is 0 Å². The Morgan fingerprint density at radius 1 is 1.18 bits per heavy atom. The molecule has 1 atom stereocenters. The number of benzene rings is 1. The van der Waals surface area contributed by atoms with Crippen molar-refractivity contribution in [2.75, 3.05) is 11.4 Å². The van der Waals surface area contributed by atoms with Crippen LogP contribution in [-0.4, -0.2) is 6.54 Å². The molecular formula is C16H19N. The van der Waals surface area contributed by atoms with Crippen LogP contribution >= 0.6 is 0 Å². The smallest absolute Gasteiger partial charge is 0.0408 e. The molecule has 0 radical (unpaired) electrons. The molecule has 1 fully saturated rings. The van der Waals surface area contributed by atoms with Crippen molar-refractivity contribution < 1.29 is 0 Å². The lowest BCUT2D eigenvalue weighted by Gasteiger charge is -2.39. The van der Waals surface area contributed by atoms with Crippen LogP contribution in [0.3, 0.4) is 0 Å². The number of anilines is 1. The summed E-state index contributed by atoms with van der Waals surface area (Å²) in [6.07, 6.45) is 8.49. The molecule has 0 saturated carbocycles. The van der Waals surface area contributed by atoms with Gasteiger partial charge >= 0.3 is 0 Å². The van der Waals surface area contributed by atoms with Crippen LogP contribution in [0.5, 0.6) is 0 Å². The maximum atomic E-state index is 2.52. The number of allylic oxidation sites excluding steroid dienone is 4. The Morgan fingerprint density at radius 3 is 2.82 bits per heavy atom. The Bertz CT molecular complexity index is 456. The van der Waals surface area contributed by atoms with Gasteiger partial charge in [0.15, 0.2) is 0 Å². The van der Waals surface area contributed by atoms with E-state index in [2.05, 4.69) is 54.3 Å². The maximum Gasteiger partial charge on any atom is 0.0408 e. The van der Waals surface area contributed by atoms with E-state index in [4.69, 9.17) is 0 Å². The molecule has 3 rings (SSSR count). The molecular weight excluding hydrogens is 206 g/mol. The third kappa shape index (κ3) is 1.90. The first kappa shape index (κ1) is 10.6. The fraction of sp³-hybridized carbons (Fsp3) is 0.375. The van der Waals surface area contributed by atoms with Gasteiger partial charge in [-0.15, -0.1) is 0 Å². The lowest BCUT2D eigenvalue weighted by molar-refractivity contribution is 0.471. The van der Waals surface area contributed by atoms with E-state index >= 15 is 0 Å². The molecule has 2 aliphatic rings. The summed E-state index contributed by atoms with van der Waals surface area (Å²) in [6, 6.07) is 10.8. The molecule has 88 valence electrons. The second-order valence-corrected chi connectivity index (χ2v) is 5.03. The predicted molar refractivity (Wildman–Crippen MR) is 73.0 cm³/mol. The Morgan fingerprint density at radius 2 is 2.00 bits per heavy atom. The monoisotopic (exact) mass is 225 g/mol. The van der Waals surface area contributed by atoms with Crippen molar-refractivity contribution in [2.45, 2.75) is 26.2 Å². The van der Waals surface area contributed by atoms with Gasteiger partial charge in [0.05, 0.1) is 0 Å². The zero-order chi connectivity index (χ0) is 11.7. The standard InChI is InChI=1S/C16H19N/c1-13-7-5-8-14-9-6-12-17(16(13)14)15-10-3-2-4-11-15/h2-5,7,10-11,14H,6,8-9,12H2,1H3. The van der Waals surface area contributed by atoms with Gasteiger partial charge in [0.25, 0.3) is 0 Å². The minimum atomic E-state index is 0.744. The highest BCUT2D eigenvalue weighted by molar-refractivity contribution is 5.55. The maximum absolute atomic E-state index is 2.52. The summed E-state index contributed by atoms with van der Waals surface area (Å²) in [7, 11) is 0. The minimum Gasteiger partial charge on any atom is -0.345 e. The van der Waals surface area contributed by atoms with Crippen LogP contribution in [-0.2, 0) is 0 Å². The number of fused-ring (bicyclic) bond motifs is 1. The number of hydrogen-bond acceptors (Lipinski definition) is 1. The third-order valence-electron chi connectivity index (χ3n) is 3.87. The Hall–Kier alpha value is -1.50. The van der Waals surface area contributed by atoms with Gasteiger partial charge in [0.1, 0.15) is 0 Å². The van der Waals surface area contributed by atoms with E-state index in [-0.39, 0.29) is 0 Å². The Balaban J connectivity index is 2.01. The van der Waals surface area contributed by atoms with Gasteiger partial charge in [-0.05, 0) is 43.9 Å². The van der Waals surface area contributed by atoms with E-state index in [1.165, 1.54) is 37.1 Å².